The molecule has 3 aromatic carbocycles. The molecule has 1 aliphatic heterocycles. The molecule has 12 heteroatoms. The quantitative estimate of drug-likeness (QED) is 0.158. The van der Waals surface area contributed by atoms with Crippen LogP contribution in [-0.2, 0) is 34.1 Å². The molecule has 0 unspecified atom stereocenters. The summed E-state index contributed by atoms with van der Waals surface area (Å²) in [4.78, 5) is 17.4. The Balaban J connectivity index is 1.64. The molecule has 0 spiro atoms. The molecule has 0 saturated carbocycles. The van der Waals surface area contributed by atoms with Gasteiger partial charge in [-0.3, -0.25) is 4.79 Å². The number of likely N-dealkylation sites (tertiary alicyclic amines) is 1. The molecule has 0 amide bonds. The van der Waals surface area contributed by atoms with Gasteiger partial charge in [0.05, 0.1) is 24.2 Å². The molecular formula is C33H36F6NO5+. The number of ether oxygens (including phenoxy) is 1. The molecular weight excluding hydrogens is 604 g/mol. The van der Waals surface area contributed by atoms with Crippen molar-refractivity contribution in [1.29, 1.82) is 0 Å². The highest BCUT2D eigenvalue weighted by molar-refractivity contribution is 5.66. The number of rotatable bonds is 12. The van der Waals surface area contributed by atoms with Gasteiger partial charge in [0, 0.05) is 24.3 Å². The van der Waals surface area contributed by atoms with E-state index in [2.05, 4.69) is 0 Å². The third-order valence-corrected chi connectivity index (χ3v) is 8.21. The Hall–Kier alpha value is -3.61. The van der Waals surface area contributed by atoms with Crippen LogP contribution < -0.4 is 4.74 Å². The van der Waals surface area contributed by atoms with E-state index in [1.807, 2.05) is 31.2 Å². The first kappa shape index (κ1) is 34.3. The summed E-state index contributed by atoms with van der Waals surface area (Å²) in [6, 6.07) is 15.4. The number of benzene rings is 3. The Labute approximate surface area is 257 Å². The Kier molecular flexibility index (Phi) is 10.5. The predicted molar refractivity (Wildman–Crippen MR) is 153 cm³/mol. The average Bonchev–Trinajstić information content (AvgIpc) is 3.00. The van der Waals surface area contributed by atoms with E-state index in [9.17, 15) is 41.4 Å². The summed E-state index contributed by atoms with van der Waals surface area (Å²) in [7, 11) is 0. The minimum atomic E-state index is -4.61. The molecule has 4 rings (SSSR count). The molecule has 2 N–H and O–H groups in total. The SMILES string of the molecule is CCCOc1ccc(C[N+]2(OCCC(=O)O)CCC(C(O)(c3ccc(C(F)(F)F)cc3)c3ccc(C(F)(F)F)cc3)CC2)cc1. The van der Waals surface area contributed by atoms with Crippen LogP contribution in [0.1, 0.15) is 60.4 Å². The smallest absolute Gasteiger partial charge is 0.416 e. The molecule has 0 radical (unpaired) electrons. The molecule has 0 bridgehead atoms. The number of nitrogens with zero attached hydrogens (tertiary/aromatic N) is 1. The van der Waals surface area contributed by atoms with Crippen molar-refractivity contribution in [2.24, 2.45) is 5.92 Å². The lowest BCUT2D eigenvalue weighted by Crippen LogP contribution is -2.55. The predicted octanol–water partition coefficient (Wildman–Crippen LogP) is 7.58. The van der Waals surface area contributed by atoms with Gasteiger partial charge < -0.3 is 14.9 Å². The van der Waals surface area contributed by atoms with Gasteiger partial charge in [0.25, 0.3) is 0 Å². The fourth-order valence-electron chi connectivity index (χ4n) is 5.82. The lowest BCUT2D eigenvalue weighted by molar-refractivity contribution is -1.12. The second kappa shape index (κ2) is 13.8. The van der Waals surface area contributed by atoms with Crippen LogP contribution in [0.25, 0.3) is 0 Å². The topological polar surface area (TPSA) is 76.0 Å². The van der Waals surface area contributed by atoms with Gasteiger partial charge in [0.1, 0.15) is 37.6 Å². The molecule has 244 valence electrons. The van der Waals surface area contributed by atoms with Crippen LogP contribution in [0.4, 0.5) is 26.3 Å². The van der Waals surface area contributed by atoms with Crippen molar-refractivity contribution in [2.45, 2.75) is 57.1 Å². The maximum Gasteiger partial charge on any atom is 0.416 e. The number of hydrogen-bond donors (Lipinski definition) is 2. The van der Waals surface area contributed by atoms with Crippen LogP contribution in [-0.4, -0.2) is 47.1 Å². The molecule has 3 aromatic rings. The number of carboxylic acid groups (broad SMARTS) is 1. The highest BCUT2D eigenvalue weighted by atomic mass is 19.4. The molecule has 0 aliphatic carbocycles. The van der Waals surface area contributed by atoms with Gasteiger partial charge in [0.15, 0.2) is 0 Å². The first-order chi connectivity index (χ1) is 21.2. The molecule has 1 fully saturated rings. The van der Waals surface area contributed by atoms with Crippen molar-refractivity contribution >= 4 is 5.97 Å². The fraction of sp³-hybridized carbons (Fsp3) is 0.424. The zero-order chi connectivity index (χ0) is 32.9. The van der Waals surface area contributed by atoms with E-state index in [0.29, 0.717) is 32.0 Å². The second-order valence-corrected chi connectivity index (χ2v) is 11.3. The van der Waals surface area contributed by atoms with Crippen LogP contribution in [0.2, 0.25) is 0 Å². The van der Waals surface area contributed by atoms with Gasteiger partial charge in [-0.2, -0.15) is 31.0 Å². The third-order valence-electron chi connectivity index (χ3n) is 8.21. The van der Waals surface area contributed by atoms with E-state index in [-0.39, 0.29) is 41.6 Å². The molecule has 1 aliphatic rings. The van der Waals surface area contributed by atoms with Gasteiger partial charge in [-0.1, -0.05) is 31.2 Å². The molecule has 6 nitrogen and oxygen atoms in total. The second-order valence-electron chi connectivity index (χ2n) is 11.3. The van der Waals surface area contributed by atoms with Crippen molar-refractivity contribution in [3.8, 4) is 5.75 Å². The Morgan fingerprint density at radius 3 is 1.67 bits per heavy atom. The van der Waals surface area contributed by atoms with Gasteiger partial charge in [-0.05, 0) is 66.1 Å². The molecule has 0 atom stereocenters. The highest BCUT2D eigenvalue weighted by Gasteiger charge is 2.47. The number of alkyl halides is 6. The molecule has 45 heavy (non-hydrogen) atoms. The molecule has 1 saturated heterocycles. The number of halogens is 6. The Bertz CT molecular complexity index is 1340. The standard InChI is InChI=1S/C33H35F6NO5/c1-2-20-44-29-13-3-23(4-14-29)22-40(45-21-17-30(41)42)18-15-26(16-19-40)31(43,24-5-9-27(10-6-24)32(34,35)36)25-7-11-28(12-8-25)33(37,38)39/h3-14,26,43H,2,15-22H2,1H3/p+1. The summed E-state index contributed by atoms with van der Waals surface area (Å²) >= 11 is 0. The molecule has 1 heterocycles. The Morgan fingerprint density at radius 2 is 1.24 bits per heavy atom. The number of aliphatic carboxylic acids is 1. The summed E-state index contributed by atoms with van der Waals surface area (Å²) in [5, 5.41) is 21.5. The first-order valence-corrected chi connectivity index (χ1v) is 14.7. The van der Waals surface area contributed by atoms with Crippen LogP contribution in [0.5, 0.6) is 5.75 Å². The summed E-state index contributed by atoms with van der Waals surface area (Å²) in [6.45, 7) is 3.49. The van der Waals surface area contributed by atoms with Crippen LogP contribution in [0.3, 0.4) is 0 Å². The zero-order valence-corrected chi connectivity index (χ0v) is 24.7. The average molecular weight is 641 g/mol. The number of piperidine rings is 1. The van der Waals surface area contributed by atoms with Gasteiger partial charge >= 0.3 is 18.3 Å². The zero-order valence-electron chi connectivity index (χ0n) is 24.7. The number of hydrogen-bond acceptors (Lipinski definition) is 4. The number of aliphatic hydroxyl groups is 1. The van der Waals surface area contributed by atoms with Crippen molar-refractivity contribution in [2.75, 3.05) is 26.3 Å². The van der Waals surface area contributed by atoms with Crippen molar-refractivity contribution in [3.05, 3.63) is 101 Å². The monoisotopic (exact) mass is 640 g/mol. The van der Waals surface area contributed by atoms with Crippen molar-refractivity contribution in [3.63, 3.8) is 0 Å². The summed E-state index contributed by atoms with van der Waals surface area (Å²) in [5.41, 5.74) is -2.61. The maximum atomic E-state index is 13.3. The minimum absolute atomic E-state index is 0.0368. The van der Waals surface area contributed by atoms with Crippen LogP contribution in [0.15, 0.2) is 72.8 Å². The summed E-state index contributed by atoms with van der Waals surface area (Å²) < 4.78 is 85.6. The van der Waals surface area contributed by atoms with E-state index in [1.165, 1.54) is 0 Å². The largest absolute Gasteiger partial charge is 0.494 e. The first-order valence-electron chi connectivity index (χ1n) is 14.7. The Morgan fingerprint density at radius 1 is 0.778 bits per heavy atom. The van der Waals surface area contributed by atoms with Crippen LogP contribution in [0, 0.1) is 5.92 Å². The lowest BCUT2D eigenvalue weighted by atomic mass is 9.71. The number of carboxylic acids is 1. The van der Waals surface area contributed by atoms with E-state index >= 15 is 0 Å². The van der Waals surface area contributed by atoms with Gasteiger partial charge in [-0.25, -0.2) is 4.84 Å². The van der Waals surface area contributed by atoms with Crippen molar-refractivity contribution in [1.82, 2.24) is 0 Å². The number of quaternary nitrogens is 1. The fourth-order valence-corrected chi connectivity index (χ4v) is 5.82. The summed E-state index contributed by atoms with van der Waals surface area (Å²) in [6.07, 6.45) is -8.03. The molecule has 0 aromatic heterocycles. The van der Waals surface area contributed by atoms with Gasteiger partial charge in [-0.15, -0.1) is 0 Å². The van der Waals surface area contributed by atoms with Crippen LogP contribution >= 0.6 is 0 Å². The van der Waals surface area contributed by atoms with E-state index in [4.69, 9.17) is 9.57 Å². The highest BCUT2D eigenvalue weighted by Crippen LogP contribution is 2.45. The van der Waals surface area contributed by atoms with E-state index < -0.39 is 41.0 Å². The van der Waals surface area contributed by atoms with Gasteiger partial charge in [0.2, 0.25) is 0 Å². The maximum absolute atomic E-state index is 13.3. The lowest BCUT2D eigenvalue weighted by Gasteiger charge is -2.46. The van der Waals surface area contributed by atoms with E-state index in [1.54, 1.807) is 0 Å². The van der Waals surface area contributed by atoms with Crippen molar-refractivity contribution < 1.29 is 55.6 Å². The normalized spacial score (nSPS) is 19.3. The number of hydroxylamine groups is 3. The van der Waals surface area contributed by atoms with E-state index in [0.717, 1.165) is 60.5 Å². The minimum Gasteiger partial charge on any atom is -0.494 e. The third kappa shape index (κ3) is 8.36. The summed E-state index contributed by atoms with van der Waals surface area (Å²) in [5.74, 6) is -0.930. The number of carbonyl (C=O) groups is 1.